The molecule has 4 nitrogen and oxygen atoms in total. The zero-order valence-corrected chi connectivity index (χ0v) is 9.25. The van der Waals surface area contributed by atoms with E-state index in [9.17, 15) is 10.2 Å². The van der Waals surface area contributed by atoms with Gasteiger partial charge in [0, 0.05) is 12.1 Å². The Morgan fingerprint density at radius 3 is 2.41 bits per heavy atom. The molecule has 0 saturated carbocycles. The van der Waals surface area contributed by atoms with Crippen molar-refractivity contribution in [3.05, 3.63) is 48.0 Å². The second-order valence-electron chi connectivity index (χ2n) is 3.61. The normalized spacial score (nSPS) is 9.94. The van der Waals surface area contributed by atoms with Crippen molar-refractivity contribution in [3.63, 3.8) is 0 Å². The van der Waals surface area contributed by atoms with Crippen LogP contribution in [-0.2, 0) is 0 Å². The van der Waals surface area contributed by atoms with Crippen LogP contribution in [0.25, 0.3) is 0 Å². The van der Waals surface area contributed by atoms with Gasteiger partial charge in [0.1, 0.15) is 11.5 Å². The molecule has 0 unspecified atom stereocenters. The minimum atomic E-state index is 0.0960. The number of hydrogen-bond donors (Lipinski definition) is 2. The van der Waals surface area contributed by atoms with E-state index in [2.05, 4.69) is 0 Å². The van der Waals surface area contributed by atoms with E-state index in [0.29, 0.717) is 11.5 Å². The Bertz CT molecular complexity index is 523. The lowest BCUT2D eigenvalue weighted by Gasteiger charge is -2.08. The van der Waals surface area contributed by atoms with Gasteiger partial charge < -0.3 is 10.2 Å². The molecule has 4 heteroatoms. The highest BCUT2D eigenvalue weighted by molar-refractivity contribution is 5.39. The predicted molar refractivity (Wildman–Crippen MR) is 62.2 cm³/mol. The number of phenolic OH excluding ortho intramolecular Hbond substituents is 2. The molecule has 0 aliphatic heterocycles. The van der Waals surface area contributed by atoms with Crippen molar-refractivity contribution >= 4 is 0 Å². The van der Waals surface area contributed by atoms with Crippen molar-refractivity contribution in [2.45, 2.75) is 6.92 Å². The topological polar surface area (TPSA) is 58.9 Å². The zero-order chi connectivity index (χ0) is 12.3. The first-order valence-corrected chi connectivity index (χ1v) is 5.08. The molecule has 0 heterocycles. The van der Waals surface area contributed by atoms with E-state index in [1.165, 1.54) is 18.2 Å². The van der Waals surface area contributed by atoms with Crippen LogP contribution in [0.4, 0.5) is 0 Å². The highest BCUT2D eigenvalue weighted by Gasteiger charge is 2.03. The minimum Gasteiger partial charge on any atom is -0.508 e. The van der Waals surface area contributed by atoms with Crippen LogP contribution in [0.1, 0.15) is 5.56 Å². The molecular formula is C13H12O4. The molecule has 2 aromatic rings. The molecule has 88 valence electrons. The fourth-order valence-corrected chi connectivity index (χ4v) is 1.31. The van der Waals surface area contributed by atoms with Crippen molar-refractivity contribution in [1.29, 1.82) is 0 Å². The van der Waals surface area contributed by atoms with E-state index in [-0.39, 0.29) is 11.5 Å². The summed E-state index contributed by atoms with van der Waals surface area (Å²) in [5.41, 5.74) is 0.836. The molecule has 2 rings (SSSR count). The Morgan fingerprint density at radius 1 is 0.882 bits per heavy atom. The second kappa shape index (κ2) is 4.65. The van der Waals surface area contributed by atoms with Gasteiger partial charge in [0.25, 0.3) is 0 Å². The van der Waals surface area contributed by atoms with Gasteiger partial charge >= 0.3 is 0 Å². The highest BCUT2D eigenvalue weighted by atomic mass is 17.2. The van der Waals surface area contributed by atoms with Gasteiger partial charge in [0.15, 0.2) is 11.5 Å². The number of hydrogen-bond acceptors (Lipinski definition) is 4. The minimum absolute atomic E-state index is 0.0960. The maximum atomic E-state index is 9.30. The number of aromatic hydroxyl groups is 2. The third-order valence-electron chi connectivity index (χ3n) is 2.22. The maximum absolute atomic E-state index is 9.30. The van der Waals surface area contributed by atoms with Crippen LogP contribution < -0.4 is 9.78 Å². The summed E-state index contributed by atoms with van der Waals surface area (Å²) < 4.78 is 0. The third-order valence-corrected chi connectivity index (χ3v) is 2.22. The summed E-state index contributed by atoms with van der Waals surface area (Å²) in [6.07, 6.45) is 0. The molecule has 0 aliphatic carbocycles. The molecule has 0 atom stereocenters. The number of aryl methyl sites for hydroxylation is 1. The SMILES string of the molecule is Cc1ccc(O)cc1OOc1cccc(O)c1. The summed E-state index contributed by atoms with van der Waals surface area (Å²) in [5.74, 6) is 1.00. The first-order valence-electron chi connectivity index (χ1n) is 5.08. The average molecular weight is 232 g/mol. The standard InChI is InChI=1S/C13H12O4/c1-9-5-6-11(15)8-13(9)17-16-12-4-2-3-10(14)7-12/h2-8,14-15H,1H3. The zero-order valence-electron chi connectivity index (χ0n) is 9.25. The predicted octanol–water partition coefficient (Wildman–Crippen LogP) is 2.78. The van der Waals surface area contributed by atoms with Crippen LogP contribution in [0.15, 0.2) is 42.5 Å². The molecule has 2 N–H and O–H groups in total. The van der Waals surface area contributed by atoms with Gasteiger partial charge in [-0.2, -0.15) is 0 Å². The molecule has 0 aliphatic rings. The van der Waals surface area contributed by atoms with Crippen molar-refractivity contribution in [1.82, 2.24) is 0 Å². The van der Waals surface area contributed by atoms with Gasteiger partial charge in [-0.05, 0) is 30.7 Å². The lowest BCUT2D eigenvalue weighted by atomic mass is 10.2. The Morgan fingerprint density at radius 2 is 1.65 bits per heavy atom. The largest absolute Gasteiger partial charge is 0.508 e. The summed E-state index contributed by atoms with van der Waals surface area (Å²) >= 11 is 0. The first kappa shape index (κ1) is 11.1. The average Bonchev–Trinajstić information content (AvgIpc) is 2.30. The Labute approximate surface area is 98.6 Å². The van der Waals surface area contributed by atoms with E-state index >= 15 is 0 Å². The van der Waals surface area contributed by atoms with Gasteiger partial charge in [-0.1, -0.05) is 12.1 Å². The van der Waals surface area contributed by atoms with Crippen LogP contribution in [0.3, 0.4) is 0 Å². The molecule has 17 heavy (non-hydrogen) atoms. The molecule has 0 bridgehead atoms. The Hall–Kier alpha value is -2.36. The highest BCUT2D eigenvalue weighted by Crippen LogP contribution is 2.25. The summed E-state index contributed by atoms with van der Waals surface area (Å²) in [4.78, 5) is 10.1. The Balaban J connectivity index is 2.09. The molecule has 0 fully saturated rings. The molecular weight excluding hydrogens is 220 g/mol. The van der Waals surface area contributed by atoms with E-state index in [0.717, 1.165) is 5.56 Å². The molecule has 0 radical (unpaired) electrons. The van der Waals surface area contributed by atoms with Crippen molar-refractivity contribution in [2.75, 3.05) is 0 Å². The number of rotatable bonds is 3. The van der Waals surface area contributed by atoms with E-state index in [1.54, 1.807) is 24.3 Å². The van der Waals surface area contributed by atoms with Crippen LogP contribution >= 0.6 is 0 Å². The summed E-state index contributed by atoms with van der Waals surface area (Å²) in [6.45, 7) is 1.83. The first-order chi connectivity index (χ1) is 8.15. The Kier molecular flexibility index (Phi) is 3.05. The lowest BCUT2D eigenvalue weighted by molar-refractivity contribution is -0.101. The van der Waals surface area contributed by atoms with E-state index in [1.807, 2.05) is 6.92 Å². The van der Waals surface area contributed by atoms with Crippen molar-refractivity contribution in [2.24, 2.45) is 0 Å². The van der Waals surface area contributed by atoms with Crippen LogP contribution in [0, 0.1) is 6.92 Å². The summed E-state index contributed by atoms with van der Waals surface area (Å²) in [6, 6.07) is 11.0. The fraction of sp³-hybridized carbons (Fsp3) is 0.0769. The maximum Gasteiger partial charge on any atom is 0.185 e. The quantitative estimate of drug-likeness (QED) is 0.631. The van der Waals surface area contributed by atoms with Crippen LogP contribution in [-0.4, -0.2) is 10.2 Å². The summed E-state index contributed by atoms with van der Waals surface area (Å²) in [5, 5.41) is 18.5. The lowest BCUT2D eigenvalue weighted by Crippen LogP contribution is -2.01. The van der Waals surface area contributed by atoms with Gasteiger partial charge in [-0.25, -0.2) is 0 Å². The molecule has 0 aromatic heterocycles. The van der Waals surface area contributed by atoms with Gasteiger partial charge in [-0.15, -0.1) is 0 Å². The number of benzene rings is 2. The van der Waals surface area contributed by atoms with Gasteiger partial charge in [-0.3, -0.25) is 9.78 Å². The molecule has 0 saturated heterocycles. The third kappa shape index (κ3) is 2.81. The van der Waals surface area contributed by atoms with Gasteiger partial charge in [0.05, 0.1) is 0 Å². The van der Waals surface area contributed by atoms with Crippen molar-refractivity contribution < 1.29 is 20.0 Å². The summed E-state index contributed by atoms with van der Waals surface area (Å²) in [7, 11) is 0. The van der Waals surface area contributed by atoms with Crippen LogP contribution in [0.5, 0.6) is 23.0 Å². The van der Waals surface area contributed by atoms with Crippen LogP contribution in [0.2, 0.25) is 0 Å². The smallest absolute Gasteiger partial charge is 0.185 e. The molecule has 0 spiro atoms. The van der Waals surface area contributed by atoms with E-state index in [4.69, 9.17) is 9.78 Å². The fourth-order valence-electron chi connectivity index (χ4n) is 1.31. The molecule has 2 aromatic carbocycles. The van der Waals surface area contributed by atoms with E-state index < -0.39 is 0 Å². The second-order valence-corrected chi connectivity index (χ2v) is 3.61. The van der Waals surface area contributed by atoms with Gasteiger partial charge in [0.2, 0.25) is 0 Å². The number of phenols is 2. The van der Waals surface area contributed by atoms with Crippen molar-refractivity contribution in [3.8, 4) is 23.0 Å². The monoisotopic (exact) mass is 232 g/mol. The molecule has 0 amide bonds.